The van der Waals surface area contributed by atoms with Crippen molar-refractivity contribution in [2.75, 3.05) is 26.3 Å². The lowest BCUT2D eigenvalue weighted by molar-refractivity contribution is 0.181. The van der Waals surface area contributed by atoms with Gasteiger partial charge < -0.3 is 4.74 Å². The number of rotatable bonds is 5. The maximum absolute atomic E-state index is 12.7. The van der Waals surface area contributed by atoms with Gasteiger partial charge in [-0.15, -0.1) is 0 Å². The van der Waals surface area contributed by atoms with Crippen LogP contribution >= 0.6 is 15.9 Å². The molecule has 0 amide bonds. The van der Waals surface area contributed by atoms with Gasteiger partial charge >= 0.3 is 0 Å². The summed E-state index contributed by atoms with van der Waals surface area (Å²) in [5.41, 5.74) is 0.923. The van der Waals surface area contributed by atoms with Gasteiger partial charge in [-0.3, -0.25) is 0 Å². The largest absolute Gasteiger partial charge is 0.381 e. The second-order valence-corrected chi connectivity index (χ2v) is 7.89. The topological polar surface area (TPSA) is 46.6 Å². The second-order valence-electron chi connectivity index (χ2n) is 5.10. The molecule has 1 saturated heterocycles. The molecular formula is C14H20BrNO3S. The number of sulfonamides is 1. The predicted molar refractivity (Wildman–Crippen MR) is 82.2 cm³/mol. The van der Waals surface area contributed by atoms with Gasteiger partial charge in [-0.25, -0.2) is 8.42 Å². The van der Waals surface area contributed by atoms with E-state index in [4.69, 9.17) is 4.74 Å². The van der Waals surface area contributed by atoms with E-state index in [2.05, 4.69) is 15.9 Å². The van der Waals surface area contributed by atoms with E-state index in [1.807, 2.05) is 13.8 Å². The molecule has 0 aromatic heterocycles. The van der Waals surface area contributed by atoms with Crippen molar-refractivity contribution >= 4 is 26.0 Å². The summed E-state index contributed by atoms with van der Waals surface area (Å²) in [6.45, 7) is 6.18. The molecule has 1 aromatic rings. The van der Waals surface area contributed by atoms with Gasteiger partial charge in [0.2, 0.25) is 10.0 Å². The van der Waals surface area contributed by atoms with Crippen LogP contribution in [0.3, 0.4) is 0 Å². The molecule has 112 valence electrons. The van der Waals surface area contributed by atoms with Crippen molar-refractivity contribution in [1.29, 1.82) is 0 Å². The van der Waals surface area contributed by atoms with Crippen molar-refractivity contribution in [3.8, 4) is 0 Å². The Morgan fingerprint density at radius 3 is 2.75 bits per heavy atom. The highest BCUT2D eigenvalue weighted by Gasteiger charge is 2.27. The molecule has 0 aliphatic carbocycles. The molecule has 0 bridgehead atoms. The van der Waals surface area contributed by atoms with Gasteiger partial charge in [0, 0.05) is 24.2 Å². The molecule has 2 rings (SSSR count). The summed E-state index contributed by atoms with van der Waals surface area (Å²) in [7, 11) is -3.42. The van der Waals surface area contributed by atoms with Crippen LogP contribution in [-0.2, 0) is 14.8 Å². The number of ether oxygens (including phenoxy) is 1. The molecular weight excluding hydrogens is 342 g/mol. The van der Waals surface area contributed by atoms with Crippen LogP contribution in [0.1, 0.15) is 18.9 Å². The maximum atomic E-state index is 12.7. The van der Waals surface area contributed by atoms with E-state index in [-0.39, 0.29) is 0 Å². The standard InChI is InChI=1S/C14H20BrNO3S/c1-3-16(9-12-6-7-19-10-12)20(17,18)13-4-5-14(15)11(2)8-13/h4-5,8,12H,3,6-7,9-10H2,1-2H3. The summed E-state index contributed by atoms with van der Waals surface area (Å²) in [4.78, 5) is 0.360. The fourth-order valence-corrected chi connectivity index (χ4v) is 4.20. The van der Waals surface area contributed by atoms with Crippen molar-refractivity contribution in [3.63, 3.8) is 0 Å². The van der Waals surface area contributed by atoms with Crippen LogP contribution in [0, 0.1) is 12.8 Å². The van der Waals surface area contributed by atoms with Crippen molar-refractivity contribution < 1.29 is 13.2 Å². The molecule has 20 heavy (non-hydrogen) atoms. The van der Waals surface area contributed by atoms with Crippen LogP contribution in [0.5, 0.6) is 0 Å². The summed E-state index contributed by atoms with van der Waals surface area (Å²) < 4.78 is 33.2. The minimum absolute atomic E-state index is 0.307. The molecule has 0 saturated carbocycles. The van der Waals surface area contributed by atoms with Crippen LogP contribution in [0.15, 0.2) is 27.6 Å². The van der Waals surface area contributed by atoms with Crippen LogP contribution in [0.4, 0.5) is 0 Å². The average molecular weight is 362 g/mol. The zero-order valence-corrected chi connectivity index (χ0v) is 14.2. The normalized spacial score (nSPS) is 19.7. The van der Waals surface area contributed by atoms with Crippen molar-refractivity contribution in [1.82, 2.24) is 4.31 Å². The Morgan fingerprint density at radius 1 is 1.45 bits per heavy atom. The van der Waals surface area contributed by atoms with E-state index in [1.54, 1.807) is 22.5 Å². The van der Waals surface area contributed by atoms with Gasteiger partial charge in [-0.05, 0) is 43.0 Å². The number of hydrogen-bond donors (Lipinski definition) is 0. The fraction of sp³-hybridized carbons (Fsp3) is 0.571. The van der Waals surface area contributed by atoms with Crippen molar-refractivity contribution in [3.05, 3.63) is 28.2 Å². The molecule has 4 nitrogen and oxygen atoms in total. The van der Waals surface area contributed by atoms with Gasteiger partial charge in [0.05, 0.1) is 11.5 Å². The maximum Gasteiger partial charge on any atom is 0.243 e. The first-order valence-corrected chi connectivity index (χ1v) is 9.02. The van der Waals surface area contributed by atoms with Gasteiger partial charge in [-0.1, -0.05) is 22.9 Å². The Morgan fingerprint density at radius 2 is 2.20 bits per heavy atom. The van der Waals surface area contributed by atoms with Crippen LogP contribution in [-0.4, -0.2) is 39.0 Å². The van der Waals surface area contributed by atoms with E-state index >= 15 is 0 Å². The highest BCUT2D eigenvalue weighted by atomic mass is 79.9. The number of hydrogen-bond acceptors (Lipinski definition) is 3. The van der Waals surface area contributed by atoms with E-state index in [0.29, 0.717) is 30.5 Å². The molecule has 0 radical (unpaired) electrons. The number of benzene rings is 1. The average Bonchev–Trinajstić information content (AvgIpc) is 2.91. The molecule has 0 spiro atoms. The lowest BCUT2D eigenvalue weighted by Gasteiger charge is -2.23. The highest BCUT2D eigenvalue weighted by Crippen LogP contribution is 2.24. The van der Waals surface area contributed by atoms with Gasteiger partial charge in [0.15, 0.2) is 0 Å². The van der Waals surface area contributed by atoms with E-state index < -0.39 is 10.0 Å². The van der Waals surface area contributed by atoms with E-state index in [1.165, 1.54) is 0 Å². The number of nitrogens with zero attached hydrogens (tertiary/aromatic N) is 1. The summed E-state index contributed by atoms with van der Waals surface area (Å²) in [5, 5.41) is 0. The van der Waals surface area contributed by atoms with Crippen LogP contribution in [0.25, 0.3) is 0 Å². The van der Waals surface area contributed by atoms with Crippen LogP contribution < -0.4 is 0 Å². The summed E-state index contributed by atoms with van der Waals surface area (Å²) in [6.07, 6.45) is 0.936. The Kier molecular flexibility index (Phi) is 5.23. The zero-order chi connectivity index (χ0) is 14.8. The third kappa shape index (κ3) is 3.42. The monoisotopic (exact) mass is 361 g/mol. The van der Waals surface area contributed by atoms with Crippen molar-refractivity contribution in [2.45, 2.75) is 25.2 Å². The lowest BCUT2D eigenvalue weighted by atomic mass is 10.1. The zero-order valence-electron chi connectivity index (χ0n) is 11.8. The fourth-order valence-electron chi connectivity index (χ4n) is 2.34. The Bertz CT molecular complexity index is 568. The number of halogens is 1. The molecule has 1 atom stereocenters. The number of aryl methyl sites for hydroxylation is 1. The lowest BCUT2D eigenvalue weighted by Crippen LogP contribution is -2.35. The highest BCUT2D eigenvalue weighted by molar-refractivity contribution is 9.10. The molecule has 1 aromatic carbocycles. The molecule has 0 N–H and O–H groups in total. The Hall–Kier alpha value is -0.430. The Labute approximate surface area is 129 Å². The van der Waals surface area contributed by atoms with E-state index in [9.17, 15) is 8.42 Å². The van der Waals surface area contributed by atoms with Crippen LogP contribution in [0.2, 0.25) is 0 Å². The minimum Gasteiger partial charge on any atom is -0.381 e. The molecule has 1 aliphatic rings. The Balaban J connectivity index is 2.23. The molecule has 1 fully saturated rings. The molecule has 6 heteroatoms. The third-order valence-corrected chi connectivity index (χ3v) is 6.43. The second kappa shape index (κ2) is 6.56. The first kappa shape index (κ1) is 15.9. The molecule has 1 heterocycles. The quantitative estimate of drug-likeness (QED) is 0.809. The minimum atomic E-state index is -3.42. The first-order valence-electron chi connectivity index (χ1n) is 6.79. The van der Waals surface area contributed by atoms with Gasteiger partial charge in [0.1, 0.15) is 0 Å². The predicted octanol–water partition coefficient (Wildman–Crippen LogP) is 2.80. The summed E-state index contributed by atoms with van der Waals surface area (Å²) in [6, 6.07) is 5.15. The third-order valence-electron chi connectivity index (χ3n) is 3.61. The molecule has 1 unspecified atom stereocenters. The van der Waals surface area contributed by atoms with Gasteiger partial charge in [-0.2, -0.15) is 4.31 Å². The SMILES string of the molecule is CCN(CC1CCOC1)S(=O)(=O)c1ccc(Br)c(C)c1. The van der Waals surface area contributed by atoms with Gasteiger partial charge in [0.25, 0.3) is 0 Å². The van der Waals surface area contributed by atoms with E-state index in [0.717, 1.165) is 23.1 Å². The molecule has 1 aliphatic heterocycles. The smallest absolute Gasteiger partial charge is 0.243 e. The summed E-state index contributed by atoms with van der Waals surface area (Å²) >= 11 is 3.40. The summed E-state index contributed by atoms with van der Waals surface area (Å²) in [5.74, 6) is 0.307. The first-order chi connectivity index (χ1) is 9.45. The van der Waals surface area contributed by atoms with Crippen molar-refractivity contribution in [2.24, 2.45) is 5.92 Å².